The predicted octanol–water partition coefficient (Wildman–Crippen LogP) is 18.8. The molecular formula is C73H139NO10. The fraction of sp³-hybridized carbons (Fsp3) is 0.918. The number of hydrogen-bond acceptors (Lipinski definition) is 10. The van der Waals surface area contributed by atoms with Gasteiger partial charge in [0.25, 0.3) is 0 Å². The molecule has 11 heteroatoms. The number of nitrogens with one attached hydrogen (secondary N) is 1. The van der Waals surface area contributed by atoms with Crippen molar-refractivity contribution in [3.05, 3.63) is 24.3 Å². The number of carbonyl (C=O) groups is 2. The number of aliphatic hydroxyl groups is 5. The number of amides is 1. The molecule has 1 rings (SSSR count). The van der Waals surface area contributed by atoms with Gasteiger partial charge in [0.1, 0.15) is 24.4 Å². The summed E-state index contributed by atoms with van der Waals surface area (Å²) in [6, 6.07) is -0.806. The van der Waals surface area contributed by atoms with Gasteiger partial charge in [-0.15, -0.1) is 0 Å². The molecule has 7 unspecified atom stereocenters. The maximum atomic E-state index is 13.0. The second-order valence-electron chi connectivity index (χ2n) is 25.7. The van der Waals surface area contributed by atoms with Crippen LogP contribution < -0.4 is 5.32 Å². The van der Waals surface area contributed by atoms with E-state index in [9.17, 15) is 35.1 Å². The Morgan fingerprint density at radius 3 is 1.14 bits per heavy atom. The Hall–Kier alpha value is -1.86. The van der Waals surface area contributed by atoms with Gasteiger partial charge in [0.15, 0.2) is 6.29 Å². The van der Waals surface area contributed by atoms with E-state index in [0.29, 0.717) is 19.4 Å². The van der Waals surface area contributed by atoms with Gasteiger partial charge in [0.05, 0.1) is 32.0 Å². The van der Waals surface area contributed by atoms with Crippen molar-refractivity contribution >= 4 is 11.9 Å². The normalized spacial score (nSPS) is 18.1. The van der Waals surface area contributed by atoms with E-state index >= 15 is 0 Å². The number of rotatable bonds is 65. The highest BCUT2D eigenvalue weighted by molar-refractivity contribution is 5.76. The molecule has 1 fully saturated rings. The van der Waals surface area contributed by atoms with Crippen molar-refractivity contribution in [2.24, 2.45) is 0 Å². The summed E-state index contributed by atoms with van der Waals surface area (Å²) in [5.74, 6) is -0.165. The highest BCUT2D eigenvalue weighted by atomic mass is 16.7. The van der Waals surface area contributed by atoms with E-state index in [1.54, 1.807) is 6.08 Å². The lowest BCUT2D eigenvalue weighted by Crippen LogP contribution is -2.60. The van der Waals surface area contributed by atoms with Crippen LogP contribution in [0.15, 0.2) is 24.3 Å². The third kappa shape index (κ3) is 51.1. The number of carbonyl (C=O) groups excluding carboxylic acids is 2. The number of allylic oxidation sites excluding steroid dienone is 3. The maximum absolute atomic E-state index is 13.0. The van der Waals surface area contributed by atoms with Crippen molar-refractivity contribution in [1.82, 2.24) is 5.32 Å². The zero-order valence-electron chi connectivity index (χ0n) is 55.1. The van der Waals surface area contributed by atoms with Crippen molar-refractivity contribution in [2.45, 2.75) is 410 Å². The van der Waals surface area contributed by atoms with Crippen LogP contribution in [0.25, 0.3) is 0 Å². The first-order chi connectivity index (χ1) is 41.2. The molecule has 0 radical (unpaired) electrons. The number of unbranched alkanes of at least 4 members (excludes halogenated alkanes) is 49. The fourth-order valence-electron chi connectivity index (χ4n) is 11.8. The summed E-state index contributed by atoms with van der Waals surface area (Å²) < 4.78 is 16.7. The minimum atomic E-state index is -1.57. The molecule has 11 nitrogen and oxygen atoms in total. The van der Waals surface area contributed by atoms with E-state index in [2.05, 4.69) is 31.3 Å². The second-order valence-corrected chi connectivity index (χ2v) is 25.7. The third-order valence-corrected chi connectivity index (χ3v) is 17.6. The van der Waals surface area contributed by atoms with Crippen LogP contribution in [0.2, 0.25) is 0 Å². The van der Waals surface area contributed by atoms with E-state index in [-0.39, 0.29) is 18.5 Å². The molecule has 84 heavy (non-hydrogen) atoms. The molecule has 1 aliphatic heterocycles. The molecule has 0 aromatic rings. The van der Waals surface area contributed by atoms with Gasteiger partial charge in [-0.05, 0) is 57.8 Å². The average molecular weight is 1190 g/mol. The third-order valence-electron chi connectivity index (χ3n) is 17.6. The highest BCUT2D eigenvalue weighted by Crippen LogP contribution is 2.23. The topological polar surface area (TPSA) is 175 Å². The minimum Gasteiger partial charge on any atom is -0.466 e. The van der Waals surface area contributed by atoms with Crippen molar-refractivity contribution in [3.8, 4) is 0 Å². The van der Waals surface area contributed by atoms with Crippen LogP contribution in [-0.2, 0) is 23.8 Å². The van der Waals surface area contributed by atoms with Crippen molar-refractivity contribution in [1.29, 1.82) is 0 Å². The number of esters is 1. The monoisotopic (exact) mass is 1190 g/mol. The standard InChI is InChI=1S/C73H139NO10/c1-3-5-7-9-11-13-14-15-34-38-41-45-49-53-57-61-69(78)82-62-58-54-50-46-42-39-36-33-31-29-27-25-23-21-19-17-16-18-20-22-24-26-28-30-32-35-37-40-44-48-52-56-60-68(77)74-65(66(76)59-55-51-47-43-12-10-8-6-4-2)64-83-73-72(81)71(80)70(79)67(63-75)84-73/h19,21,55,59,65-67,70-73,75-76,79-81H,3-18,20,22-54,56-58,60-64H2,1-2H3,(H,74,77)/b21-19-,59-55+. The van der Waals surface area contributed by atoms with E-state index in [0.717, 1.165) is 51.4 Å². The Morgan fingerprint density at radius 2 is 0.762 bits per heavy atom. The van der Waals surface area contributed by atoms with Crippen LogP contribution in [0, 0.1) is 0 Å². The lowest BCUT2D eigenvalue weighted by molar-refractivity contribution is -0.302. The molecular weight excluding hydrogens is 1050 g/mol. The molecule has 496 valence electrons. The Kier molecular flexibility index (Phi) is 59.9. The van der Waals surface area contributed by atoms with E-state index in [4.69, 9.17) is 14.2 Å². The maximum Gasteiger partial charge on any atom is 0.305 e. The average Bonchev–Trinajstić information content (AvgIpc) is 3.70. The number of ether oxygens (including phenoxy) is 3. The van der Waals surface area contributed by atoms with Gasteiger partial charge in [-0.25, -0.2) is 0 Å². The fourth-order valence-corrected chi connectivity index (χ4v) is 11.8. The summed E-state index contributed by atoms with van der Waals surface area (Å²) in [5, 5.41) is 54.3. The van der Waals surface area contributed by atoms with Crippen molar-refractivity contribution < 1.29 is 49.3 Å². The molecule has 1 heterocycles. The van der Waals surface area contributed by atoms with Gasteiger partial charge in [-0.2, -0.15) is 0 Å². The Morgan fingerprint density at radius 1 is 0.429 bits per heavy atom. The van der Waals surface area contributed by atoms with E-state index in [1.165, 1.54) is 289 Å². The van der Waals surface area contributed by atoms with Gasteiger partial charge in [0.2, 0.25) is 5.91 Å². The van der Waals surface area contributed by atoms with Crippen LogP contribution in [0.5, 0.6) is 0 Å². The second kappa shape index (κ2) is 62.7. The lowest BCUT2D eigenvalue weighted by atomic mass is 9.99. The van der Waals surface area contributed by atoms with Crippen molar-refractivity contribution in [3.63, 3.8) is 0 Å². The molecule has 6 N–H and O–H groups in total. The van der Waals surface area contributed by atoms with Gasteiger partial charge >= 0.3 is 5.97 Å². The first-order valence-corrected chi connectivity index (χ1v) is 36.6. The zero-order chi connectivity index (χ0) is 60.9. The molecule has 0 spiro atoms. The smallest absolute Gasteiger partial charge is 0.305 e. The largest absolute Gasteiger partial charge is 0.466 e. The molecule has 7 atom stereocenters. The summed E-state index contributed by atoms with van der Waals surface area (Å²) in [5.41, 5.74) is 0. The number of aliphatic hydroxyl groups excluding tert-OH is 5. The molecule has 0 aliphatic carbocycles. The Bertz CT molecular complexity index is 1440. The predicted molar refractivity (Wildman–Crippen MR) is 352 cm³/mol. The zero-order valence-corrected chi connectivity index (χ0v) is 55.1. The van der Waals surface area contributed by atoms with Crippen molar-refractivity contribution in [2.75, 3.05) is 19.8 Å². The van der Waals surface area contributed by atoms with Gasteiger partial charge in [-0.1, -0.05) is 321 Å². The molecule has 0 aromatic heterocycles. The molecule has 1 amide bonds. The quantitative estimate of drug-likeness (QED) is 0.0195. The molecule has 1 saturated heterocycles. The summed E-state index contributed by atoms with van der Waals surface area (Å²) in [7, 11) is 0. The molecule has 0 bridgehead atoms. The lowest BCUT2D eigenvalue weighted by Gasteiger charge is -2.40. The highest BCUT2D eigenvalue weighted by Gasteiger charge is 2.44. The van der Waals surface area contributed by atoms with Crippen LogP contribution >= 0.6 is 0 Å². The molecule has 0 saturated carbocycles. The van der Waals surface area contributed by atoms with Gasteiger partial charge in [-0.3, -0.25) is 9.59 Å². The SMILES string of the molecule is CCCCCCCCC/C=C/C(O)C(COC1OC(CO)C(O)C(O)C1O)NC(=O)CCCCCCCCCCCCCCCCCC/C=C\CCCCCCCCCCCCCCOC(=O)CCCCCCCCCCCCCCCCC. The summed E-state index contributed by atoms with van der Waals surface area (Å²) in [6.45, 7) is 4.36. The van der Waals surface area contributed by atoms with Gasteiger partial charge < -0.3 is 45.1 Å². The van der Waals surface area contributed by atoms with Crippen LogP contribution in [-0.4, -0.2) is 100 Å². The number of hydrogen-bond donors (Lipinski definition) is 6. The van der Waals surface area contributed by atoms with Crippen LogP contribution in [0.1, 0.15) is 367 Å². The van der Waals surface area contributed by atoms with E-state index in [1.807, 2.05) is 6.08 Å². The van der Waals surface area contributed by atoms with E-state index < -0.39 is 49.5 Å². The van der Waals surface area contributed by atoms with Crippen LogP contribution in [0.4, 0.5) is 0 Å². The molecule has 0 aromatic carbocycles. The summed E-state index contributed by atoms with van der Waals surface area (Å²) >= 11 is 0. The minimum absolute atomic E-state index is 0.0141. The summed E-state index contributed by atoms with van der Waals surface area (Å²) in [6.07, 6.45) is 69.1. The molecule has 1 aliphatic rings. The van der Waals surface area contributed by atoms with Gasteiger partial charge in [0, 0.05) is 12.8 Å². The first kappa shape index (κ1) is 80.2. The van der Waals surface area contributed by atoms with Crippen LogP contribution in [0.3, 0.4) is 0 Å². The Labute approximate surface area is 518 Å². The Balaban J connectivity index is 1.89. The summed E-state index contributed by atoms with van der Waals surface area (Å²) in [4.78, 5) is 25.1. The first-order valence-electron chi connectivity index (χ1n) is 36.6.